The molecule has 1 aromatic heterocycles. The van der Waals surface area contributed by atoms with Gasteiger partial charge in [0.25, 0.3) is 11.8 Å². The summed E-state index contributed by atoms with van der Waals surface area (Å²) in [5, 5.41) is 17.8. The molecule has 0 aliphatic carbocycles. The molecule has 5 rings (SSSR count). The van der Waals surface area contributed by atoms with Crippen molar-refractivity contribution in [1.29, 1.82) is 0 Å². The number of rotatable bonds is 7. The summed E-state index contributed by atoms with van der Waals surface area (Å²) in [6.45, 7) is 1.68. The maximum Gasteiger partial charge on any atom is 0.335 e. The standard InChI is InChI=1S/C30H22ClN3O6/c1-17-24(29(36)34(33-17)21-7-3-5-19(13-21)30(37)38)16-23-10-12-27(40-23)18-9-11-26(31)25(14-18)28(35)32-20-6-4-8-22(15-20)39-2/h3-16H,1-2H3,(H,32,35)(H,37,38)/b24-16-. The van der Waals surface area contributed by atoms with E-state index in [2.05, 4.69) is 10.4 Å². The second-order valence-electron chi connectivity index (χ2n) is 8.80. The Morgan fingerprint density at radius 3 is 2.62 bits per heavy atom. The van der Waals surface area contributed by atoms with Gasteiger partial charge in [-0.05, 0) is 73.7 Å². The molecular weight excluding hydrogens is 534 g/mol. The first-order valence-corrected chi connectivity index (χ1v) is 12.4. The summed E-state index contributed by atoms with van der Waals surface area (Å²) < 4.78 is 11.2. The largest absolute Gasteiger partial charge is 0.497 e. The number of halogens is 1. The maximum absolute atomic E-state index is 13.1. The van der Waals surface area contributed by atoms with Gasteiger partial charge >= 0.3 is 5.97 Å². The molecule has 40 heavy (non-hydrogen) atoms. The van der Waals surface area contributed by atoms with Crippen molar-refractivity contribution in [3.05, 3.63) is 106 Å². The SMILES string of the molecule is COc1cccc(NC(=O)c2cc(-c3ccc(/C=C4\C(=O)N(c5cccc(C(=O)O)c5)N=C4C)o3)ccc2Cl)c1. The molecule has 0 bridgehead atoms. The van der Waals surface area contributed by atoms with Crippen LogP contribution in [0.4, 0.5) is 11.4 Å². The van der Waals surface area contributed by atoms with Crippen LogP contribution in [0.3, 0.4) is 0 Å². The number of carbonyl (C=O) groups excluding carboxylic acids is 2. The zero-order chi connectivity index (χ0) is 28.4. The number of benzene rings is 3. The van der Waals surface area contributed by atoms with Crippen LogP contribution in [0.25, 0.3) is 17.4 Å². The Bertz CT molecular complexity index is 1720. The van der Waals surface area contributed by atoms with Gasteiger partial charge in [0.05, 0.1) is 40.2 Å². The zero-order valence-corrected chi connectivity index (χ0v) is 22.1. The van der Waals surface area contributed by atoms with Crippen LogP contribution in [0.5, 0.6) is 5.75 Å². The van der Waals surface area contributed by atoms with Crippen LogP contribution in [0.15, 0.2) is 94.0 Å². The summed E-state index contributed by atoms with van der Waals surface area (Å²) in [7, 11) is 1.54. The maximum atomic E-state index is 13.1. The Morgan fingerprint density at radius 1 is 1.05 bits per heavy atom. The van der Waals surface area contributed by atoms with Crippen LogP contribution in [0.1, 0.15) is 33.4 Å². The Kier molecular flexibility index (Phi) is 7.22. The lowest BCUT2D eigenvalue weighted by atomic mass is 10.1. The molecule has 0 saturated heterocycles. The molecule has 9 nitrogen and oxygen atoms in total. The Balaban J connectivity index is 1.37. The van der Waals surface area contributed by atoms with Crippen LogP contribution >= 0.6 is 11.6 Å². The third-order valence-corrected chi connectivity index (χ3v) is 6.47. The number of methoxy groups -OCH3 is 1. The minimum atomic E-state index is -1.10. The van der Waals surface area contributed by atoms with Gasteiger partial charge in [0.15, 0.2) is 0 Å². The number of amides is 2. The fraction of sp³-hybridized carbons (Fsp3) is 0.0667. The number of hydrazone groups is 1. The first-order chi connectivity index (χ1) is 19.2. The van der Waals surface area contributed by atoms with E-state index in [4.69, 9.17) is 20.8 Å². The molecule has 200 valence electrons. The molecule has 1 aliphatic rings. The van der Waals surface area contributed by atoms with Gasteiger partial charge in [-0.2, -0.15) is 10.1 Å². The van der Waals surface area contributed by atoms with Crippen molar-refractivity contribution < 1.29 is 28.6 Å². The first-order valence-electron chi connectivity index (χ1n) is 12.0. The number of carbonyl (C=O) groups is 3. The van der Waals surface area contributed by atoms with Gasteiger partial charge in [-0.25, -0.2) is 4.79 Å². The average molecular weight is 556 g/mol. The molecular formula is C30H22ClN3O6. The van der Waals surface area contributed by atoms with Crippen molar-refractivity contribution in [2.45, 2.75) is 6.92 Å². The van der Waals surface area contributed by atoms with E-state index in [1.54, 1.807) is 86.8 Å². The van der Waals surface area contributed by atoms with Gasteiger partial charge in [0, 0.05) is 17.3 Å². The van der Waals surface area contributed by atoms with Crippen molar-refractivity contribution in [3.63, 3.8) is 0 Å². The van der Waals surface area contributed by atoms with Crippen molar-refractivity contribution in [2.75, 3.05) is 17.4 Å². The van der Waals surface area contributed by atoms with Gasteiger partial charge in [-0.1, -0.05) is 23.7 Å². The number of carboxylic acids is 1. The van der Waals surface area contributed by atoms with E-state index in [1.165, 1.54) is 12.1 Å². The Morgan fingerprint density at radius 2 is 1.85 bits per heavy atom. The summed E-state index contributed by atoms with van der Waals surface area (Å²) in [5.41, 5.74) is 2.56. The van der Waals surface area contributed by atoms with Crippen molar-refractivity contribution in [1.82, 2.24) is 0 Å². The highest BCUT2D eigenvalue weighted by Crippen LogP contribution is 2.30. The third kappa shape index (κ3) is 5.36. The average Bonchev–Trinajstić information content (AvgIpc) is 3.53. The number of furan rings is 1. The summed E-state index contributed by atoms with van der Waals surface area (Å²) in [5.74, 6) is -0.453. The van der Waals surface area contributed by atoms with Gasteiger partial charge in [0.2, 0.25) is 0 Å². The van der Waals surface area contributed by atoms with Crippen molar-refractivity contribution in [2.24, 2.45) is 5.10 Å². The molecule has 1 aliphatic heterocycles. The molecule has 2 amide bonds. The van der Waals surface area contributed by atoms with Crippen molar-refractivity contribution >= 4 is 52.5 Å². The number of aromatic carboxylic acids is 1. The Hall–Kier alpha value is -5.15. The number of hydrogen-bond acceptors (Lipinski definition) is 6. The first kappa shape index (κ1) is 26.5. The molecule has 3 aromatic carbocycles. The van der Waals surface area contributed by atoms with E-state index < -0.39 is 17.8 Å². The van der Waals surface area contributed by atoms with Gasteiger partial charge in [-0.3, -0.25) is 9.59 Å². The number of nitrogens with zero attached hydrogens (tertiary/aromatic N) is 2. The summed E-state index contributed by atoms with van der Waals surface area (Å²) in [6.07, 6.45) is 1.57. The number of ether oxygens (including phenoxy) is 1. The quantitative estimate of drug-likeness (QED) is 0.256. The second kappa shape index (κ2) is 10.9. The minimum Gasteiger partial charge on any atom is -0.497 e. The van der Waals surface area contributed by atoms with E-state index >= 15 is 0 Å². The normalized spacial score (nSPS) is 13.9. The van der Waals surface area contributed by atoms with Crippen LogP contribution in [-0.4, -0.2) is 35.7 Å². The molecule has 0 unspecified atom stereocenters. The smallest absolute Gasteiger partial charge is 0.335 e. The molecule has 0 radical (unpaired) electrons. The van der Waals surface area contributed by atoms with Gasteiger partial charge < -0.3 is 19.6 Å². The summed E-state index contributed by atoms with van der Waals surface area (Å²) >= 11 is 6.33. The molecule has 2 heterocycles. The minimum absolute atomic E-state index is 0.0470. The zero-order valence-electron chi connectivity index (χ0n) is 21.3. The van der Waals surface area contributed by atoms with E-state index in [0.717, 1.165) is 5.01 Å². The fourth-order valence-corrected chi connectivity index (χ4v) is 4.31. The summed E-state index contributed by atoms with van der Waals surface area (Å²) in [4.78, 5) is 37.4. The predicted molar refractivity (Wildman–Crippen MR) is 152 cm³/mol. The fourth-order valence-electron chi connectivity index (χ4n) is 4.11. The third-order valence-electron chi connectivity index (χ3n) is 6.14. The molecule has 0 saturated carbocycles. The highest BCUT2D eigenvalue weighted by molar-refractivity contribution is 6.34. The lowest BCUT2D eigenvalue weighted by molar-refractivity contribution is -0.114. The van der Waals surface area contributed by atoms with Crippen LogP contribution in [-0.2, 0) is 4.79 Å². The van der Waals surface area contributed by atoms with E-state index in [9.17, 15) is 19.5 Å². The van der Waals surface area contributed by atoms with Crippen molar-refractivity contribution in [3.8, 4) is 17.1 Å². The monoisotopic (exact) mass is 555 g/mol. The topological polar surface area (TPSA) is 121 Å². The number of anilines is 2. The number of nitrogens with one attached hydrogen (secondary N) is 1. The lowest BCUT2D eigenvalue weighted by Crippen LogP contribution is -2.21. The molecule has 0 atom stereocenters. The second-order valence-corrected chi connectivity index (χ2v) is 9.21. The highest BCUT2D eigenvalue weighted by atomic mass is 35.5. The molecule has 4 aromatic rings. The predicted octanol–water partition coefficient (Wildman–Crippen LogP) is 6.37. The van der Waals surface area contributed by atoms with E-state index in [-0.39, 0.29) is 16.1 Å². The Labute approximate surface area is 233 Å². The number of hydrogen-bond donors (Lipinski definition) is 2. The summed E-state index contributed by atoms with van der Waals surface area (Å²) in [6, 6.07) is 21.3. The molecule has 0 fully saturated rings. The number of carboxylic acid groups (broad SMARTS) is 1. The van der Waals surface area contributed by atoms with E-state index in [0.29, 0.717) is 45.5 Å². The van der Waals surface area contributed by atoms with Crippen LogP contribution < -0.4 is 15.1 Å². The van der Waals surface area contributed by atoms with Crippen LogP contribution in [0.2, 0.25) is 5.02 Å². The van der Waals surface area contributed by atoms with Gasteiger partial charge in [-0.15, -0.1) is 0 Å². The molecule has 10 heteroatoms. The molecule has 0 spiro atoms. The molecule has 2 N–H and O–H groups in total. The lowest BCUT2D eigenvalue weighted by Gasteiger charge is -2.12. The highest BCUT2D eigenvalue weighted by Gasteiger charge is 2.29. The van der Waals surface area contributed by atoms with Gasteiger partial charge in [0.1, 0.15) is 17.3 Å². The van der Waals surface area contributed by atoms with Crippen LogP contribution in [0, 0.1) is 0 Å². The van der Waals surface area contributed by atoms with E-state index in [1.807, 2.05) is 0 Å².